The summed E-state index contributed by atoms with van der Waals surface area (Å²) in [5.74, 6) is 0.762. The predicted octanol–water partition coefficient (Wildman–Crippen LogP) is 3.99. The van der Waals surface area contributed by atoms with E-state index in [-0.39, 0.29) is 10.2 Å². The van der Waals surface area contributed by atoms with Crippen LogP contribution in [0.1, 0.15) is 25.1 Å². The standard InChI is InChI=1S/C14H13BrN2O4/c1-2-12(18)10-7-6-9(8-16-10)21-13-5-3-4-11(14(13)15)17(19)20/h3-8,12,18H,2H2,1H3. The molecule has 1 atom stereocenters. The largest absolute Gasteiger partial charge is 0.454 e. The van der Waals surface area contributed by atoms with Crippen LogP contribution in [0.4, 0.5) is 5.69 Å². The summed E-state index contributed by atoms with van der Waals surface area (Å²) in [4.78, 5) is 14.5. The smallest absolute Gasteiger partial charge is 0.287 e. The van der Waals surface area contributed by atoms with Gasteiger partial charge in [-0.15, -0.1) is 0 Å². The first-order valence-electron chi connectivity index (χ1n) is 6.27. The van der Waals surface area contributed by atoms with Crippen molar-refractivity contribution in [2.24, 2.45) is 0 Å². The molecular formula is C14H13BrN2O4. The predicted molar refractivity (Wildman–Crippen MR) is 80.4 cm³/mol. The van der Waals surface area contributed by atoms with Crippen LogP contribution in [0, 0.1) is 10.1 Å². The molecule has 110 valence electrons. The first-order chi connectivity index (χ1) is 10.0. The van der Waals surface area contributed by atoms with Crippen molar-refractivity contribution in [3.05, 3.63) is 56.8 Å². The normalized spacial score (nSPS) is 12.0. The summed E-state index contributed by atoms with van der Waals surface area (Å²) >= 11 is 3.16. The van der Waals surface area contributed by atoms with Gasteiger partial charge in [0.05, 0.1) is 22.9 Å². The molecule has 21 heavy (non-hydrogen) atoms. The minimum absolute atomic E-state index is 0.0708. The average Bonchev–Trinajstić information content (AvgIpc) is 2.49. The molecule has 0 spiro atoms. The van der Waals surface area contributed by atoms with Crippen molar-refractivity contribution in [3.63, 3.8) is 0 Å². The van der Waals surface area contributed by atoms with Crippen molar-refractivity contribution in [1.82, 2.24) is 4.98 Å². The molecule has 0 bridgehead atoms. The Morgan fingerprint density at radius 3 is 2.76 bits per heavy atom. The van der Waals surface area contributed by atoms with E-state index in [1.807, 2.05) is 6.92 Å². The number of aromatic nitrogens is 1. The molecule has 1 N–H and O–H groups in total. The lowest BCUT2D eigenvalue weighted by Gasteiger charge is -2.10. The Bertz CT molecular complexity index is 646. The third-order valence-corrected chi connectivity index (χ3v) is 3.65. The molecule has 1 heterocycles. The number of nitro groups is 1. The molecule has 2 aromatic rings. The maximum Gasteiger partial charge on any atom is 0.287 e. The molecule has 1 aromatic heterocycles. The Balaban J connectivity index is 2.22. The summed E-state index contributed by atoms with van der Waals surface area (Å²) in [6, 6.07) is 7.86. The van der Waals surface area contributed by atoms with E-state index in [1.165, 1.54) is 12.3 Å². The maximum atomic E-state index is 10.9. The van der Waals surface area contributed by atoms with Gasteiger partial charge in [-0.05, 0) is 40.5 Å². The van der Waals surface area contributed by atoms with E-state index in [2.05, 4.69) is 20.9 Å². The van der Waals surface area contributed by atoms with Crippen molar-refractivity contribution in [2.45, 2.75) is 19.4 Å². The minimum atomic E-state index is -0.608. The van der Waals surface area contributed by atoms with Crippen molar-refractivity contribution in [1.29, 1.82) is 0 Å². The number of hydrogen-bond donors (Lipinski definition) is 1. The summed E-state index contributed by atoms with van der Waals surface area (Å²) in [6.07, 6.45) is 1.44. The van der Waals surface area contributed by atoms with E-state index in [1.54, 1.807) is 24.3 Å². The molecule has 0 aliphatic heterocycles. The third kappa shape index (κ3) is 3.56. The van der Waals surface area contributed by atoms with Crippen LogP contribution in [0.2, 0.25) is 0 Å². The molecule has 6 nitrogen and oxygen atoms in total. The van der Waals surface area contributed by atoms with Gasteiger partial charge in [0, 0.05) is 6.07 Å². The Morgan fingerprint density at radius 1 is 1.43 bits per heavy atom. The lowest BCUT2D eigenvalue weighted by molar-refractivity contribution is -0.385. The lowest BCUT2D eigenvalue weighted by Crippen LogP contribution is -1.98. The molecule has 7 heteroatoms. The first-order valence-corrected chi connectivity index (χ1v) is 7.07. The summed E-state index contributed by atoms with van der Waals surface area (Å²) in [7, 11) is 0. The topological polar surface area (TPSA) is 85.5 Å². The van der Waals surface area contributed by atoms with Gasteiger partial charge in [-0.2, -0.15) is 0 Å². The van der Waals surface area contributed by atoms with E-state index >= 15 is 0 Å². The lowest BCUT2D eigenvalue weighted by atomic mass is 10.2. The number of nitro benzene ring substituents is 1. The molecule has 0 aliphatic rings. The van der Waals surface area contributed by atoms with Crippen LogP contribution in [-0.2, 0) is 0 Å². The van der Waals surface area contributed by atoms with Crippen LogP contribution in [0.15, 0.2) is 41.0 Å². The van der Waals surface area contributed by atoms with E-state index in [0.29, 0.717) is 23.6 Å². The van der Waals surface area contributed by atoms with Crippen molar-refractivity contribution >= 4 is 21.6 Å². The van der Waals surface area contributed by atoms with Gasteiger partial charge >= 0.3 is 0 Å². The number of ether oxygens (including phenoxy) is 1. The Kier molecular flexibility index (Phi) is 4.87. The minimum Gasteiger partial charge on any atom is -0.454 e. The molecule has 0 fully saturated rings. The monoisotopic (exact) mass is 352 g/mol. The molecular weight excluding hydrogens is 340 g/mol. The average molecular weight is 353 g/mol. The molecule has 1 unspecified atom stereocenters. The van der Waals surface area contributed by atoms with Crippen molar-refractivity contribution in [3.8, 4) is 11.5 Å². The summed E-state index contributed by atoms with van der Waals surface area (Å²) < 4.78 is 5.84. The summed E-state index contributed by atoms with van der Waals surface area (Å²) in [5.41, 5.74) is 0.487. The van der Waals surface area contributed by atoms with E-state index in [9.17, 15) is 15.2 Å². The second-order valence-electron chi connectivity index (χ2n) is 4.29. The molecule has 2 rings (SSSR count). The van der Waals surface area contributed by atoms with Gasteiger partial charge in [0.25, 0.3) is 5.69 Å². The van der Waals surface area contributed by atoms with E-state index in [0.717, 1.165) is 0 Å². The fraction of sp³-hybridized carbons (Fsp3) is 0.214. The van der Waals surface area contributed by atoms with Gasteiger partial charge < -0.3 is 9.84 Å². The van der Waals surface area contributed by atoms with E-state index in [4.69, 9.17) is 4.74 Å². The van der Waals surface area contributed by atoms with Gasteiger partial charge in [-0.1, -0.05) is 13.0 Å². The zero-order valence-electron chi connectivity index (χ0n) is 11.2. The highest BCUT2D eigenvalue weighted by Gasteiger charge is 2.16. The van der Waals surface area contributed by atoms with Crippen molar-refractivity contribution in [2.75, 3.05) is 0 Å². The summed E-state index contributed by atoms with van der Waals surface area (Å²) in [6.45, 7) is 1.86. The van der Waals surface area contributed by atoms with Gasteiger partial charge in [-0.3, -0.25) is 15.1 Å². The van der Waals surface area contributed by atoms with Crippen LogP contribution in [0.25, 0.3) is 0 Å². The fourth-order valence-electron chi connectivity index (χ4n) is 1.70. The Labute approximate surface area is 129 Å². The number of aliphatic hydroxyl groups is 1. The quantitative estimate of drug-likeness (QED) is 0.649. The molecule has 0 saturated heterocycles. The highest BCUT2D eigenvalue weighted by atomic mass is 79.9. The molecule has 0 amide bonds. The molecule has 1 aromatic carbocycles. The van der Waals surface area contributed by atoms with E-state index < -0.39 is 11.0 Å². The molecule has 0 aliphatic carbocycles. The zero-order chi connectivity index (χ0) is 15.4. The van der Waals surface area contributed by atoms with Crippen LogP contribution >= 0.6 is 15.9 Å². The highest BCUT2D eigenvalue weighted by molar-refractivity contribution is 9.10. The number of halogens is 1. The molecule has 0 saturated carbocycles. The van der Waals surface area contributed by atoms with Crippen molar-refractivity contribution < 1.29 is 14.8 Å². The van der Waals surface area contributed by atoms with Gasteiger partial charge in [0.15, 0.2) is 0 Å². The van der Waals surface area contributed by atoms with Gasteiger partial charge in [0.2, 0.25) is 0 Å². The van der Waals surface area contributed by atoms with Crippen LogP contribution in [0.5, 0.6) is 11.5 Å². The Hall–Kier alpha value is -1.99. The number of pyridine rings is 1. The molecule has 0 radical (unpaired) electrons. The third-order valence-electron chi connectivity index (χ3n) is 2.85. The van der Waals surface area contributed by atoms with Gasteiger partial charge in [-0.25, -0.2) is 0 Å². The van der Waals surface area contributed by atoms with Gasteiger partial charge in [0.1, 0.15) is 16.0 Å². The fourth-order valence-corrected chi connectivity index (χ4v) is 2.19. The number of hydrogen-bond acceptors (Lipinski definition) is 5. The number of benzene rings is 1. The number of rotatable bonds is 5. The number of nitrogens with zero attached hydrogens (tertiary/aromatic N) is 2. The van der Waals surface area contributed by atoms with Crippen LogP contribution in [-0.4, -0.2) is 15.0 Å². The zero-order valence-corrected chi connectivity index (χ0v) is 12.8. The highest BCUT2D eigenvalue weighted by Crippen LogP contribution is 2.36. The number of aliphatic hydroxyl groups excluding tert-OH is 1. The second kappa shape index (κ2) is 6.64. The van der Waals surface area contributed by atoms with Crippen LogP contribution < -0.4 is 4.74 Å². The SMILES string of the molecule is CCC(O)c1ccc(Oc2cccc([N+](=O)[O-])c2Br)cn1. The first kappa shape index (κ1) is 15.4. The Morgan fingerprint density at radius 2 is 2.19 bits per heavy atom. The van der Waals surface area contributed by atoms with Crippen LogP contribution in [0.3, 0.4) is 0 Å². The second-order valence-corrected chi connectivity index (χ2v) is 5.08. The maximum absolute atomic E-state index is 10.9. The summed E-state index contributed by atoms with van der Waals surface area (Å²) in [5, 5.41) is 20.5.